The first-order chi connectivity index (χ1) is 8.79. The third-order valence-corrected chi connectivity index (χ3v) is 3.44. The number of hydrogen-bond acceptors (Lipinski definition) is 4. The number of nitrogens with zero attached hydrogens (tertiary/aromatic N) is 4. The first-order valence-corrected chi connectivity index (χ1v) is 6.60. The highest BCUT2D eigenvalue weighted by molar-refractivity contribution is 5.40. The third kappa shape index (κ3) is 3.44. The summed E-state index contributed by atoms with van der Waals surface area (Å²) in [5, 5.41) is 8.84. The van der Waals surface area contributed by atoms with Gasteiger partial charge in [0.25, 0.3) is 0 Å². The van der Waals surface area contributed by atoms with Crippen molar-refractivity contribution in [2.45, 2.75) is 19.3 Å². The molecule has 0 saturated carbocycles. The summed E-state index contributed by atoms with van der Waals surface area (Å²) in [6.07, 6.45) is 4.02. The summed E-state index contributed by atoms with van der Waals surface area (Å²) in [5.41, 5.74) is 0.484. The van der Waals surface area contributed by atoms with Crippen LogP contribution < -0.4 is 4.90 Å². The molecule has 2 heterocycles. The monoisotopic (exact) mass is 244 g/mol. The lowest BCUT2D eigenvalue weighted by atomic mass is 10.1. The fourth-order valence-electron chi connectivity index (χ4n) is 2.29. The van der Waals surface area contributed by atoms with Gasteiger partial charge in [-0.15, -0.1) is 0 Å². The van der Waals surface area contributed by atoms with Gasteiger partial charge in [0.05, 0.1) is 0 Å². The number of likely N-dealkylation sites (N-methyl/N-ethyl adjacent to an activating group) is 1. The number of aromatic nitrogens is 1. The molecule has 0 aliphatic carbocycles. The molecule has 0 amide bonds. The van der Waals surface area contributed by atoms with E-state index in [4.69, 9.17) is 5.26 Å². The minimum atomic E-state index is 0.484. The molecule has 1 aliphatic heterocycles. The van der Waals surface area contributed by atoms with Gasteiger partial charge in [-0.2, -0.15) is 5.26 Å². The summed E-state index contributed by atoms with van der Waals surface area (Å²) in [5.74, 6) is 0.881. The van der Waals surface area contributed by atoms with Crippen LogP contribution in [-0.4, -0.2) is 43.1 Å². The van der Waals surface area contributed by atoms with Gasteiger partial charge in [0.2, 0.25) is 0 Å². The topological polar surface area (TPSA) is 43.2 Å². The van der Waals surface area contributed by atoms with Crippen molar-refractivity contribution in [3.8, 4) is 6.07 Å². The van der Waals surface area contributed by atoms with Crippen LogP contribution >= 0.6 is 0 Å². The fraction of sp³-hybridized carbons (Fsp3) is 0.571. The van der Waals surface area contributed by atoms with E-state index in [1.807, 2.05) is 19.2 Å². The summed E-state index contributed by atoms with van der Waals surface area (Å²) in [6.45, 7) is 4.48. The summed E-state index contributed by atoms with van der Waals surface area (Å²) < 4.78 is 0. The first kappa shape index (κ1) is 12.8. The largest absolute Gasteiger partial charge is 0.358 e. The molecule has 1 aromatic heterocycles. The van der Waals surface area contributed by atoms with Gasteiger partial charge < -0.3 is 9.80 Å². The van der Waals surface area contributed by atoms with Crippen LogP contribution in [-0.2, 0) is 0 Å². The van der Waals surface area contributed by atoms with Crippen LogP contribution in [0.4, 0.5) is 5.82 Å². The number of rotatable bonds is 4. The van der Waals surface area contributed by atoms with Crippen molar-refractivity contribution in [3.05, 3.63) is 23.9 Å². The van der Waals surface area contributed by atoms with E-state index in [-0.39, 0.29) is 0 Å². The van der Waals surface area contributed by atoms with Crippen molar-refractivity contribution in [1.29, 1.82) is 5.26 Å². The molecule has 4 heteroatoms. The van der Waals surface area contributed by atoms with Crippen molar-refractivity contribution >= 4 is 5.82 Å². The highest BCUT2D eigenvalue weighted by atomic mass is 15.2. The molecule has 4 nitrogen and oxygen atoms in total. The Morgan fingerprint density at radius 2 is 2.11 bits per heavy atom. The zero-order valence-electron chi connectivity index (χ0n) is 11.0. The lowest BCUT2D eigenvalue weighted by Gasteiger charge is -2.28. The maximum absolute atomic E-state index is 8.84. The minimum absolute atomic E-state index is 0.484. The highest BCUT2D eigenvalue weighted by Gasteiger charge is 2.11. The Labute approximate surface area is 109 Å². The molecule has 0 unspecified atom stereocenters. The summed E-state index contributed by atoms with van der Waals surface area (Å²) >= 11 is 0. The zero-order valence-corrected chi connectivity index (χ0v) is 11.0. The van der Waals surface area contributed by atoms with Crippen molar-refractivity contribution in [2.24, 2.45) is 0 Å². The maximum atomic E-state index is 8.84. The number of nitriles is 1. The molecule has 0 aromatic carbocycles. The molecule has 18 heavy (non-hydrogen) atoms. The van der Waals surface area contributed by atoms with Crippen LogP contribution in [0.5, 0.6) is 0 Å². The van der Waals surface area contributed by atoms with Crippen LogP contribution in [0, 0.1) is 11.3 Å². The maximum Gasteiger partial charge on any atom is 0.142 e. The van der Waals surface area contributed by atoms with Gasteiger partial charge in [0, 0.05) is 20.1 Å². The highest BCUT2D eigenvalue weighted by Crippen LogP contribution is 2.11. The average molecular weight is 244 g/mol. The minimum Gasteiger partial charge on any atom is -0.358 e. The van der Waals surface area contributed by atoms with Crippen molar-refractivity contribution < 1.29 is 0 Å². The van der Waals surface area contributed by atoms with E-state index in [2.05, 4.69) is 20.9 Å². The van der Waals surface area contributed by atoms with Gasteiger partial charge in [-0.3, -0.25) is 0 Å². The molecular formula is C14H20N4. The Morgan fingerprint density at radius 1 is 1.33 bits per heavy atom. The van der Waals surface area contributed by atoms with Crippen molar-refractivity contribution in [3.63, 3.8) is 0 Å². The molecule has 0 bridgehead atoms. The molecular weight excluding hydrogens is 224 g/mol. The van der Waals surface area contributed by atoms with E-state index >= 15 is 0 Å². The first-order valence-electron chi connectivity index (χ1n) is 6.60. The van der Waals surface area contributed by atoms with Gasteiger partial charge in [-0.05, 0) is 38.1 Å². The van der Waals surface area contributed by atoms with Crippen molar-refractivity contribution in [2.75, 3.05) is 38.1 Å². The van der Waals surface area contributed by atoms with Gasteiger partial charge in [0.15, 0.2) is 0 Å². The van der Waals surface area contributed by atoms with Crippen LogP contribution in [0.1, 0.15) is 25.0 Å². The number of piperidine rings is 1. The van der Waals surface area contributed by atoms with Gasteiger partial charge >= 0.3 is 0 Å². The summed E-state index contributed by atoms with van der Waals surface area (Å²) in [7, 11) is 2.04. The standard InChI is InChI=1S/C14H20N4/c1-17(10-11-18-8-3-2-4-9-18)14-7-5-6-13(12-15)16-14/h5-7H,2-4,8-11H2,1H3. The lowest BCUT2D eigenvalue weighted by molar-refractivity contribution is 0.234. The predicted octanol–water partition coefficient (Wildman–Crippen LogP) is 1.88. The number of pyridine rings is 1. The Morgan fingerprint density at radius 3 is 2.83 bits per heavy atom. The van der Waals surface area contributed by atoms with Crippen LogP contribution in [0.15, 0.2) is 18.2 Å². The number of likely N-dealkylation sites (tertiary alicyclic amines) is 1. The molecule has 0 spiro atoms. The Balaban J connectivity index is 1.86. The molecule has 1 fully saturated rings. The third-order valence-electron chi connectivity index (χ3n) is 3.44. The van der Waals surface area contributed by atoms with E-state index < -0.39 is 0 Å². The zero-order chi connectivity index (χ0) is 12.8. The SMILES string of the molecule is CN(CCN1CCCCC1)c1cccc(C#N)n1. The second-order valence-corrected chi connectivity index (χ2v) is 4.82. The van der Waals surface area contributed by atoms with E-state index in [1.54, 1.807) is 6.07 Å². The summed E-state index contributed by atoms with van der Waals surface area (Å²) in [4.78, 5) is 8.93. The second kappa shape index (κ2) is 6.36. The quantitative estimate of drug-likeness (QED) is 0.811. The van der Waals surface area contributed by atoms with Crippen LogP contribution in [0.25, 0.3) is 0 Å². The molecule has 1 aromatic rings. The Kier molecular flexibility index (Phi) is 4.54. The van der Waals surface area contributed by atoms with E-state index in [0.29, 0.717) is 5.69 Å². The molecule has 96 valence electrons. The van der Waals surface area contributed by atoms with Gasteiger partial charge in [-0.1, -0.05) is 12.5 Å². The molecule has 0 N–H and O–H groups in total. The van der Waals surface area contributed by atoms with Crippen LogP contribution in [0.2, 0.25) is 0 Å². The van der Waals surface area contributed by atoms with Gasteiger partial charge in [0.1, 0.15) is 17.6 Å². The smallest absolute Gasteiger partial charge is 0.142 e. The molecule has 0 radical (unpaired) electrons. The molecule has 2 rings (SSSR count). The Hall–Kier alpha value is -1.60. The number of hydrogen-bond donors (Lipinski definition) is 0. The normalized spacial score (nSPS) is 16.2. The summed E-state index contributed by atoms with van der Waals surface area (Å²) in [6, 6.07) is 7.66. The van der Waals surface area contributed by atoms with E-state index in [1.165, 1.54) is 32.4 Å². The molecule has 0 atom stereocenters. The predicted molar refractivity (Wildman–Crippen MR) is 72.5 cm³/mol. The molecule has 1 saturated heterocycles. The Bertz CT molecular complexity index is 418. The molecule has 1 aliphatic rings. The average Bonchev–Trinajstić information content (AvgIpc) is 2.46. The number of anilines is 1. The van der Waals surface area contributed by atoms with E-state index in [9.17, 15) is 0 Å². The lowest BCUT2D eigenvalue weighted by Crippen LogP contribution is -2.36. The van der Waals surface area contributed by atoms with Crippen molar-refractivity contribution in [1.82, 2.24) is 9.88 Å². The van der Waals surface area contributed by atoms with Crippen LogP contribution in [0.3, 0.4) is 0 Å². The fourth-order valence-corrected chi connectivity index (χ4v) is 2.29. The van der Waals surface area contributed by atoms with E-state index in [0.717, 1.165) is 18.9 Å². The second-order valence-electron chi connectivity index (χ2n) is 4.82. The van der Waals surface area contributed by atoms with Gasteiger partial charge in [-0.25, -0.2) is 4.98 Å².